The summed E-state index contributed by atoms with van der Waals surface area (Å²) in [5, 5.41) is 0. The van der Waals surface area contributed by atoms with E-state index in [-0.39, 0.29) is 6.04 Å². The van der Waals surface area contributed by atoms with Gasteiger partial charge < -0.3 is 4.74 Å². The molecule has 2 fully saturated rings. The monoisotopic (exact) mass is 195 g/mol. The summed E-state index contributed by atoms with van der Waals surface area (Å²) in [6, 6.07) is 0.180. The fourth-order valence-electron chi connectivity index (χ4n) is 2.53. The highest BCUT2D eigenvalue weighted by atomic mass is 16.5. The molecule has 0 heterocycles. The number of nitrogens with zero attached hydrogens (tertiary/aromatic N) is 1. The van der Waals surface area contributed by atoms with Crippen molar-refractivity contribution in [3.05, 3.63) is 0 Å². The van der Waals surface area contributed by atoms with Gasteiger partial charge in [-0.1, -0.05) is 12.8 Å². The number of aliphatic imine (C=N–C) groups is 1. The van der Waals surface area contributed by atoms with E-state index >= 15 is 0 Å². The SMILES string of the molecule is O=C=NC1CCC(OC2CCCC2)C1. The average molecular weight is 195 g/mol. The summed E-state index contributed by atoms with van der Waals surface area (Å²) >= 11 is 0. The standard InChI is InChI=1S/C11H17NO2/c13-8-12-9-5-6-11(7-9)14-10-3-1-2-4-10/h9-11H,1-7H2. The third kappa shape index (κ3) is 2.43. The third-order valence-corrected chi connectivity index (χ3v) is 3.28. The van der Waals surface area contributed by atoms with Crippen LogP contribution < -0.4 is 0 Å². The maximum Gasteiger partial charge on any atom is 0.235 e. The Hall–Kier alpha value is -0.660. The topological polar surface area (TPSA) is 38.7 Å². The lowest BCUT2D eigenvalue weighted by Gasteiger charge is -2.16. The molecule has 2 atom stereocenters. The first-order valence-electron chi connectivity index (χ1n) is 5.61. The van der Waals surface area contributed by atoms with Crippen LogP contribution in [0.4, 0.5) is 0 Å². The number of hydrogen-bond donors (Lipinski definition) is 0. The minimum Gasteiger partial charge on any atom is -0.375 e. The Labute approximate surface area is 84.5 Å². The molecule has 2 aliphatic carbocycles. The normalized spacial score (nSPS) is 33.1. The number of isocyanates is 1. The molecule has 2 saturated carbocycles. The Morgan fingerprint density at radius 2 is 1.86 bits per heavy atom. The van der Waals surface area contributed by atoms with Crippen molar-refractivity contribution in [2.75, 3.05) is 0 Å². The second kappa shape index (κ2) is 4.72. The summed E-state index contributed by atoms with van der Waals surface area (Å²) in [6.07, 6.45) is 10.5. The van der Waals surface area contributed by atoms with E-state index in [1.165, 1.54) is 25.7 Å². The second-order valence-corrected chi connectivity index (χ2v) is 4.35. The van der Waals surface area contributed by atoms with Gasteiger partial charge in [-0.15, -0.1) is 0 Å². The van der Waals surface area contributed by atoms with Crippen LogP contribution in [0.1, 0.15) is 44.9 Å². The fraction of sp³-hybridized carbons (Fsp3) is 0.909. The average Bonchev–Trinajstić information content (AvgIpc) is 2.79. The molecule has 0 aromatic rings. The fourth-order valence-corrected chi connectivity index (χ4v) is 2.53. The van der Waals surface area contributed by atoms with Gasteiger partial charge in [-0.25, -0.2) is 9.79 Å². The number of rotatable bonds is 3. The van der Waals surface area contributed by atoms with Crippen molar-refractivity contribution in [1.82, 2.24) is 0 Å². The molecule has 14 heavy (non-hydrogen) atoms. The molecule has 0 aromatic heterocycles. The van der Waals surface area contributed by atoms with E-state index in [4.69, 9.17) is 4.74 Å². The van der Waals surface area contributed by atoms with Gasteiger partial charge in [-0.3, -0.25) is 0 Å². The van der Waals surface area contributed by atoms with Crippen molar-refractivity contribution in [2.45, 2.75) is 63.2 Å². The number of hydrogen-bond acceptors (Lipinski definition) is 3. The lowest BCUT2D eigenvalue weighted by Crippen LogP contribution is -2.17. The van der Waals surface area contributed by atoms with Gasteiger partial charge >= 0.3 is 0 Å². The molecule has 0 amide bonds. The smallest absolute Gasteiger partial charge is 0.235 e. The van der Waals surface area contributed by atoms with Crippen molar-refractivity contribution in [3.8, 4) is 0 Å². The molecule has 0 N–H and O–H groups in total. The van der Waals surface area contributed by atoms with Crippen LogP contribution in [0.25, 0.3) is 0 Å². The van der Waals surface area contributed by atoms with E-state index in [0.717, 1.165) is 19.3 Å². The van der Waals surface area contributed by atoms with Crippen molar-refractivity contribution in [3.63, 3.8) is 0 Å². The highest BCUT2D eigenvalue weighted by Gasteiger charge is 2.28. The predicted octanol–water partition coefficient (Wildman–Crippen LogP) is 2.20. The molecule has 78 valence electrons. The Morgan fingerprint density at radius 1 is 1.07 bits per heavy atom. The zero-order valence-corrected chi connectivity index (χ0v) is 8.45. The minimum absolute atomic E-state index is 0.180. The first-order chi connectivity index (χ1) is 6.88. The van der Waals surface area contributed by atoms with Crippen molar-refractivity contribution >= 4 is 6.08 Å². The molecular weight excluding hydrogens is 178 g/mol. The molecule has 2 unspecified atom stereocenters. The molecule has 2 rings (SSSR count). The van der Waals surface area contributed by atoms with Gasteiger partial charge in [0.25, 0.3) is 0 Å². The van der Waals surface area contributed by atoms with Gasteiger partial charge in [-0.2, -0.15) is 0 Å². The zero-order chi connectivity index (χ0) is 9.80. The van der Waals surface area contributed by atoms with E-state index in [0.29, 0.717) is 12.2 Å². The van der Waals surface area contributed by atoms with Crippen LogP contribution in [0.15, 0.2) is 4.99 Å². The molecule has 2 aliphatic rings. The van der Waals surface area contributed by atoms with Gasteiger partial charge in [-0.05, 0) is 32.1 Å². The van der Waals surface area contributed by atoms with Crippen LogP contribution in [0.5, 0.6) is 0 Å². The number of carbonyl (C=O) groups excluding carboxylic acids is 1. The highest BCUT2D eigenvalue weighted by molar-refractivity contribution is 5.33. The van der Waals surface area contributed by atoms with E-state index in [1.807, 2.05) is 0 Å². The van der Waals surface area contributed by atoms with Crippen LogP contribution in [0, 0.1) is 0 Å². The van der Waals surface area contributed by atoms with Gasteiger partial charge in [0, 0.05) is 0 Å². The summed E-state index contributed by atoms with van der Waals surface area (Å²) in [5.41, 5.74) is 0. The van der Waals surface area contributed by atoms with Crippen LogP contribution in [0.2, 0.25) is 0 Å². The van der Waals surface area contributed by atoms with Crippen molar-refractivity contribution in [2.24, 2.45) is 4.99 Å². The third-order valence-electron chi connectivity index (χ3n) is 3.28. The Kier molecular flexibility index (Phi) is 3.33. The minimum atomic E-state index is 0.180. The quantitative estimate of drug-likeness (QED) is 0.511. The molecular formula is C11H17NO2. The molecule has 0 aromatic carbocycles. The largest absolute Gasteiger partial charge is 0.375 e. The summed E-state index contributed by atoms with van der Waals surface area (Å²) in [6.45, 7) is 0. The Balaban J connectivity index is 1.75. The number of ether oxygens (including phenoxy) is 1. The summed E-state index contributed by atoms with van der Waals surface area (Å²) in [5.74, 6) is 0. The zero-order valence-electron chi connectivity index (χ0n) is 8.45. The lowest BCUT2D eigenvalue weighted by atomic mass is 10.2. The molecule has 3 heteroatoms. The molecule has 3 nitrogen and oxygen atoms in total. The van der Waals surface area contributed by atoms with Crippen LogP contribution in [-0.4, -0.2) is 24.3 Å². The summed E-state index contributed by atoms with van der Waals surface area (Å²) < 4.78 is 5.96. The molecule has 0 saturated heterocycles. The van der Waals surface area contributed by atoms with Crippen molar-refractivity contribution in [1.29, 1.82) is 0 Å². The molecule has 0 bridgehead atoms. The summed E-state index contributed by atoms with van der Waals surface area (Å²) in [7, 11) is 0. The lowest BCUT2D eigenvalue weighted by molar-refractivity contribution is -0.00412. The van der Waals surface area contributed by atoms with Crippen LogP contribution in [-0.2, 0) is 9.53 Å². The summed E-state index contributed by atoms with van der Waals surface area (Å²) in [4.78, 5) is 13.8. The molecule has 0 radical (unpaired) electrons. The maximum absolute atomic E-state index is 10.1. The maximum atomic E-state index is 10.1. The molecule has 0 spiro atoms. The Bertz CT molecular complexity index is 229. The van der Waals surface area contributed by atoms with Gasteiger partial charge in [0.15, 0.2) is 0 Å². The van der Waals surface area contributed by atoms with E-state index in [9.17, 15) is 4.79 Å². The van der Waals surface area contributed by atoms with E-state index < -0.39 is 0 Å². The van der Waals surface area contributed by atoms with Gasteiger partial charge in [0.2, 0.25) is 6.08 Å². The van der Waals surface area contributed by atoms with E-state index in [2.05, 4.69) is 4.99 Å². The van der Waals surface area contributed by atoms with Gasteiger partial charge in [0.1, 0.15) is 0 Å². The van der Waals surface area contributed by atoms with E-state index in [1.54, 1.807) is 6.08 Å². The molecule has 0 aliphatic heterocycles. The van der Waals surface area contributed by atoms with Crippen molar-refractivity contribution < 1.29 is 9.53 Å². The second-order valence-electron chi connectivity index (χ2n) is 4.35. The first-order valence-corrected chi connectivity index (χ1v) is 5.61. The predicted molar refractivity (Wildman–Crippen MR) is 52.9 cm³/mol. The van der Waals surface area contributed by atoms with Crippen LogP contribution >= 0.6 is 0 Å². The highest BCUT2D eigenvalue weighted by Crippen LogP contribution is 2.29. The van der Waals surface area contributed by atoms with Crippen LogP contribution in [0.3, 0.4) is 0 Å². The van der Waals surface area contributed by atoms with Gasteiger partial charge in [0.05, 0.1) is 18.2 Å². The first kappa shape index (κ1) is 9.88. The Morgan fingerprint density at radius 3 is 2.57 bits per heavy atom.